The van der Waals surface area contributed by atoms with Crippen LogP contribution in [0.1, 0.15) is 36.9 Å². The van der Waals surface area contributed by atoms with E-state index in [9.17, 15) is 9.90 Å². The van der Waals surface area contributed by atoms with Crippen molar-refractivity contribution < 1.29 is 9.90 Å². The molecular formula is C20H24N2O2. The van der Waals surface area contributed by atoms with Crippen molar-refractivity contribution in [3.63, 3.8) is 0 Å². The molecule has 24 heavy (non-hydrogen) atoms. The fourth-order valence-corrected chi connectivity index (χ4v) is 3.07. The van der Waals surface area contributed by atoms with E-state index in [0.29, 0.717) is 5.92 Å². The second-order valence-electron chi connectivity index (χ2n) is 6.70. The minimum Gasteiger partial charge on any atom is -0.394 e. The molecule has 4 heteroatoms. The molecule has 1 fully saturated rings. The normalized spacial score (nSPS) is 16.5. The van der Waals surface area contributed by atoms with Gasteiger partial charge in [0.2, 0.25) is 0 Å². The van der Waals surface area contributed by atoms with Gasteiger partial charge in [-0.05, 0) is 36.8 Å². The third-order valence-electron chi connectivity index (χ3n) is 4.75. The fraction of sp³-hybridized carbons (Fsp3) is 0.350. The molecule has 0 heterocycles. The number of rotatable bonds is 6. The molecule has 0 saturated heterocycles. The third kappa shape index (κ3) is 3.77. The molecule has 3 rings (SSSR count). The van der Waals surface area contributed by atoms with E-state index < -0.39 is 5.54 Å². The van der Waals surface area contributed by atoms with Gasteiger partial charge < -0.3 is 15.7 Å². The summed E-state index contributed by atoms with van der Waals surface area (Å²) in [5, 5.41) is 15.7. The van der Waals surface area contributed by atoms with Crippen molar-refractivity contribution >= 4 is 6.03 Å². The lowest BCUT2D eigenvalue weighted by atomic mass is 9.96. The van der Waals surface area contributed by atoms with E-state index >= 15 is 0 Å². The van der Waals surface area contributed by atoms with Gasteiger partial charge in [-0.1, -0.05) is 60.7 Å². The van der Waals surface area contributed by atoms with Gasteiger partial charge in [0.1, 0.15) is 0 Å². The molecule has 1 saturated carbocycles. The SMILES string of the molecule is CC(CO)(NC(=O)NC(c1ccccc1)c1ccccc1)C1CC1. The maximum absolute atomic E-state index is 12.6. The molecular weight excluding hydrogens is 300 g/mol. The maximum atomic E-state index is 12.6. The molecule has 1 aliphatic carbocycles. The van der Waals surface area contributed by atoms with Crippen LogP contribution in [0.25, 0.3) is 0 Å². The highest BCUT2D eigenvalue weighted by molar-refractivity contribution is 5.76. The van der Waals surface area contributed by atoms with E-state index in [1.807, 2.05) is 67.6 Å². The largest absolute Gasteiger partial charge is 0.394 e. The summed E-state index contributed by atoms with van der Waals surface area (Å²) >= 11 is 0. The molecule has 0 aliphatic heterocycles. The van der Waals surface area contributed by atoms with Crippen molar-refractivity contribution in [3.05, 3.63) is 71.8 Å². The zero-order valence-electron chi connectivity index (χ0n) is 13.9. The minimum absolute atomic E-state index is 0.0492. The lowest BCUT2D eigenvalue weighted by molar-refractivity contribution is 0.154. The molecule has 1 atom stereocenters. The Balaban J connectivity index is 1.78. The van der Waals surface area contributed by atoms with E-state index in [0.717, 1.165) is 24.0 Å². The molecule has 4 nitrogen and oxygen atoms in total. The monoisotopic (exact) mass is 324 g/mol. The van der Waals surface area contributed by atoms with Crippen LogP contribution in [0, 0.1) is 5.92 Å². The first-order chi connectivity index (χ1) is 11.6. The van der Waals surface area contributed by atoms with Crippen molar-refractivity contribution in [2.24, 2.45) is 5.92 Å². The van der Waals surface area contributed by atoms with Gasteiger partial charge in [-0.15, -0.1) is 0 Å². The fourth-order valence-electron chi connectivity index (χ4n) is 3.07. The minimum atomic E-state index is -0.554. The predicted octanol–water partition coefficient (Wildman–Crippen LogP) is 3.24. The van der Waals surface area contributed by atoms with E-state index in [4.69, 9.17) is 0 Å². The molecule has 0 bridgehead atoms. The Hall–Kier alpha value is -2.33. The predicted molar refractivity (Wildman–Crippen MR) is 94.6 cm³/mol. The van der Waals surface area contributed by atoms with Crippen molar-refractivity contribution in [2.45, 2.75) is 31.3 Å². The average molecular weight is 324 g/mol. The summed E-state index contributed by atoms with van der Waals surface area (Å²) in [6.45, 7) is 1.86. The molecule has 0 spiro atoms. The third-order valence-corrected chi connectivity index (χ3v) is 4.75. The Bertz CT molecular complexity index is 631. The molecule has 3 N–H and O–H groups in total. The average Bonchev–Trinajstić information content (AvgIpc) is 3.47. The van der Waals surface area contributed by atoms with Crippen LogP contribution in [0.2, 0.25) is 0 Å². The first-order valence-corrected chi connectivity index (χ1v) is 8.42. The summed E-state index contributed by atoms with van der Waals surface area (Å²) in [7, 11) is 0. The second-order valence-corrected chi connectivity index (χ2v) is 6.70. The van der Waals surface area contributed by atoms with Crippen LogP contribution in [0.5, 0.6) is 0 Å². The Labute approximate surface area is 142 Å². The highest BCUT2D eigenvalue weighted by Gasteiger charge is 2.42. The number of carbonyl (C=O) groups excluding carboxylic acids is 1. The van der Waals surface area contributed by atoms with Crippen LogP contribution in [-0.4, -0.2) is 23.3 Å². The van der Waals surface area contributed by atoms with E-state index in [-0.39, 0.29) is 18.7 Å². The zero-order valence-corrected chi connectivity index (χ0v) is 13.9. The summed E-state index contributed by atoms with van der Waals surface area (Å²) < 4.78 is 0. The Kier molecular flexibility index (Phi) is 4.86. The summed E-state index contributed by atoms with van der Waals surface area (Å²) in [6, 6.07) is 19.3. The summed E-state index contributed by atoms with van der Waals surface area (Å²) in [5.41, 5.74) is 1.49. The summed E-state index contributed by atoms with van der Waals surface area (Å²) in [4.78, 5) is 12.6. The number of aliphatic hydroxyl groups is 1. The first kappa shape index (κ1) is 16.5. The number of urea groups is 1. The second kappa shape index (κ2) is 7.05. The zero-order chi connectivity index (χ0) is 17.0. The quantitative estimate of drug-likeness (QED) is 0.764. The lowest BCUT2D eigenvalue weighted by Gasteiger charge is -2.30. The molecule has 2 amide bonds. The highest BCUT2D eigenvalue weighted by atomic mass is 16.3. The van der Waals surface area contributed by atoms with Gasteiger partial charge >= 0.3 is 6.03 Å². The van der Waals surface area contributed by atoms with Crippen molar-refractivity contribution in [2.75, 3.05) is 6.61 Å². The van der Waals surface area contributed by atoms with Crippen LogP contribution >= 0.6 is 0 Å². The standard InChI is InChI=1S/C20H24N2O2/c1-20(14-23,17-12-13-17)22-19(24)21-18(15-8-4-2-5-9-15)16-10-6-3-7-11-16/h2-11,17-18,23H,12-14H2,1H3,(H2,21,22,24). The molecule has 2 aromatic carbocycles. The number of nitrogens with one attached hydrogen (secondary N) is 2. The Morgan fingerprint density at radius 1 is 1.08 bits per heavy atom. The van der Waals surface area contributed by atoms with Crippen LogP contribution in [0.3, 0.4) is 0 Å². The number of benzene rings is 2. The molecule has 126 valence electrons. The lowest BCUT2D eigenvalue weighted by Crippen LogP contribution is -2.54. The number of carbonyl (C=O) groups is 1. The maximum Gasteiger partial charge on any atom is 0.316 e. The number of hydrogen-bond acceptors (Lipinski definition) is 2. The number of hydrogen-bond donors (Lipinski definition) is 3. The van der Waals surface area contributed by atoms with Gasteiger partial charge in [0.25, 0.3) is 0 Å². The van der Waals surface area contributed by atoms with Crippen LogP contribution in [-0.2, 0) is 0 Å². The van der Waals surface area contributed by atoms with Gasteiger partial charge in [0.05, 0.1) is 18.2 Å². The Morgan fingerprint density at radius 2 is 1.58 bits per heavy atom. The summed E-state index contributed by atoms with van der Waals surface area (Å²) in [5.74, 6) is 0.361. The smallest absolute Gasteiger partial charge is 0.316 e. The van der Waals surface area contributed by atoms with E-state index in [1.54, 1.807) is 0 Å². The molecule has 2 aromatic rings. The van der Waals surface area contributed by atoms with Crippen LogP contribution < -0.4 is 10.6 Å². The molecule has 1 aliphatic rings. The van der Waals surface area contributed by atoms with Gasteiger partial charge in [0.15, 0.2) is 0 Å². The van der Waals surface area contributed by atoms with Crippen molar-refractivity contribution in [1.82, 2.24) is 10.6 Å². The van der Waals surface area contributed by atoms with E-state index in [2.05, 4.69) is 10.6 Å². The number of amides is 2. The van der Waals surface area contributed by atoms with Crippen LogP contribution in [0.4, 0.5) is 4.79 Å². The van der Waals surface area contributed by atoms with Crippen LogP contribution in [0.15, 0.2) is 60.7 Å². The molecule has 0 radical (unpaired) electrons. The van der Waals surface area contributed by atoms with Gasteiger partial charge in [-0.2, -0.15) is 0 Å². The van der Waals surface area contributed by atoms with Crippen molar-refractivity contribution in [1.29, 1.82) is 0 Å². The van der Waals surface area contributed by atoms with Gasteiger partial charge in [0, 0.05) is 0 Å². The molecule has 1 unspecified atom stereocenters. The van der Waals surface area contributed by atoms with Gasteiger partial charge in [-0.25, -0.2) is 4.79 Å². The van der Waals surface area contributed by atoms with E-state index in [1.165, 1.54) is 0 Å². The molecule has 0 aromatic heterocycles. The summed E-state index contributed by atoms with van der Waals surface area (Å²) in [6.07, 6.45) is 2.11. The van der Waals surface area contributed by atoms with Crippen molar-refractivity contribution in [3.8, 4) is 0 Å². The number of aliphatic hydroxyl groups excluding tert-OH is 1. The first-order valence-electron chi connectivity index (χ1n) is 8.42. The highest BCUT2D eigenvalue weighted by Crippen LogP contribution is 2.39. The topological polar surface area (TPSA) is 61.4 Å². The Morgan fingerprint density at radius 3 is 2.00 bits per heavy atom. The van der Waals surface area contributed by atoms with Gasteiger partial charge in [-0.3, -0.25) is 0 Å².